The molecule has 0 saturated carbocycles. The van der Waals surface area contributed by atoms with E-state index in [1.807, 2.05) is 30.3 Å². The van der Waals surface area contributed by atoms with Gasteiger partial charge in [0.25, 0.3) is 5.91 Å². The summed E-state index contributed by atoms with van der Waals surface area (Å²) < 4.78 is 5.16. The lowest BCUT2D eigenvalue weighted by molar-refractivity contribution is -0.121. The van der Waals surface area contributed by atoms with Crippen LogP contribution in [-0.4, -0.2) is 32.2 Å². The van der Waals surface area contributed by atoms with E-state index in [2.05, 4.69) is 31.2 Å². The van der Waals surface area contributed by atoms with Crippen LogP contribution in [0.1, 0.15) is 22.8 Å². The molecule has 4 aromatic rings. The van der Waals surface area contributed by atoms with Crippen molar-refractivity contribution in [2.24, 2.45) is 0 Å². The summed E-state index contributed by atoms with van der Waals surface area (Å²) in [6.45, 7) is 0. The fraction of sp³-hybridized carbons (Fsp3) is 0.0952. The fourth-order valence-corrected chi connectivity index (χ4v) is 2.87. The van der Waals surface area contributed by atoms with Crippen molar-refractivity contribution in [1.82, 2.24) is 31.2 Å². The molecule has 2 aromatic heterocycles. The number of nitrogens with one attached hydrogen (secondary N) is 3. The van der Waals surface area contributed by atoms with Crippen molar-refractivity contribution >= 4 is 23.4 Å². The van der Waals surface area contributed by atoms with Gasteiger partial charge in [-0.3, -0.25) is 25.5 Å². The molecule has 2 heterocycles. The summed E-state index contributed by atoms with van der Waals surface area (Å²) in [4.78, 5) is 28.5. The molecule has 2 aromatic carbocycles. The summed E-state index contributed by atoms with van der Waals surface area (Å²) in [5.74, 6) is -0.186. The first-order valence-electron chi connectivity index (χ1n) is 9.37. The first-order valence-corrected chi connectivity index (χ1v) is 9.75. The molecule has 0 unspecified atom stereocenters. The largest absolute Gasteiger partial charge is 0.339 e. The third-order valence-electron chi connectivity index (χ3n) is 4.34. The predicted molar refractivity (Wildman–Crippen MR) is 113 cm³/mol. The van der Waals surface area contributed by atoms with Crippen molar-refractivity contribution in [3.05, 3.63) is 77.3 Å². The van der Waals surface area contributed by atoms with Crippen molar-refractivity contribution in [2.75, 3.05) is 0 Å². The van der Waals surface area contributed by atoms with Crippen LogP contribution >= 0.6 is 11.6 Å². The number of hydrogen-bond acceptors (Lipinski definition) is 6. The van der Waals surface area contributed by atoms with E-state index in [1.165, 1.54) is 0 Å². The molecule has 9 nitrogen and oxygen atoms in total. The molecule has 0 radical (unpaired) electrons. The van der Waals surface area contributed by atoms with Crippen molar-refractivity contribution < 1.29 is 14.1 Å². The van der Waals surface area contributed by atoms with Crippen LogP contribution in [0.2, 0.25) is 5.02 Å². The number of amides is 2. The van der Waals surface area contributed by atoms with Gasteiger partial charge in [-0.1, -0.05) is 47.1 Å². The number of halogens is 1. The van der Waals surface area contributed by atoms with Gasteiger partial charge < -0.3 is 4.52 Å². The van der Waals surface area contributed by atoms with Crippen molar-refractivity contribution in [3.8, 4) is 22.6 Å². The van der Waals surface area contributed by atoms with E-state index in [1.54, 1.807) is 30.3 Å². The maximum atomic E-state index is 12.2. The Hall–Kier alpha value is -3.98. The monoisotopic (exact) mass is 436 g/mol. The van der Waals surface area contributed by atoms with E-state index >= 15 is 0 Å². The van der Waals surface area contributed by atoms with Gasteiger partial charge in [0.15, 0.2) is 0 Å². The van der Waals surface area contributed by atoms with Crippen LogP contribution < -0.4 is 10.9 Å². The van der Waals surface area contributed by atoms with E-state index in [9.17, 15) is 9.59 Å². The summed E-state index contributed by atoms with van der Waals surface area (Å²) in [6.07, 6.45) is 0.283. The van der Waals surface area contributed by atoms with Gasteiger partial charge in [0, 0.05) is 29.0 Å². The molecule has 0 fully saturated rings. The normalized spacial score (nSPS) is 10.6. The summed E-state index contributed by atoms with van der Waals surface area (Å²) in [5.41, 5.74) is 7.19. The second kappa shape index (κ2) is 9.23. The average Bonchev–Trinajstić information content (AvgIpc) is 3.47. The van der Waals surface area contributed by atoms with Crippen LogP contribution in [0.3, 0.4) is 0 Å². The summed E-state index contributed by atoms with van der Waals surface area (Å²) in [6, 6.07) is 18.0. The molecule has 4 rings (SSSR count). The van der Waals surface area contributed by atoms with Crippen LogP contribution in [0.25, 0.3) is 22.6 Å². The van der Waals surface area contributed by atoms with Crippen LogP contribution in [0, 0.1) is 0 Å². The second-order valence-electron chi connectivity index (χ2n) is 6.55. The minimum absolute atomic E-state index is 0.0563. The predicted octanol–water partition coefficient (Wildman–Crippen LogP) is 3.17. The molecule has 156 valence electrons. The van der Waals surface area contributed by atoms with E-state index in [0.717, 1.165) is 11.1 Å². The zero-order valence-corrected chi connectivity index (χ0v) is 16.9. The van der Waals surface area contributed by atoms with Gasteiger partial charge in [0.2, 0.25) is 17.6 Å². The number of rotatable bonds is 6. The van der Waals surface area contributed by atoms with Crippen molar-refractivity contribution in [2.45, 2.75) is 12.8 Å². The maximum absolute atomic E-state index is 12.2. The Kier molecular flexibility index (Phi) is 6.04. The number of carbonyl (C=O) groups is 2. The van der Waals surface area contributed by atoms with E-state index in [4.69, 9.17) is 16.1 Å². The molecular weight excluding hydrogens is 420 g/mol. The van der Waals surface area contributed by atoms with Gasteiger partial charge in [0.05, 0.1) is 5.69 Å². The molecule has 2 amide bonds. The van der Waals surface area contributed by atoms with Gasteiger partial charge >= 0.3 is 0 Å². The number of nitrogens with zero attached hydrogens (tertiary/aromatic N) is 3. The Balaban J connectivity index is 1.26. The fourth-order valence-electron chi connectivity index (χ4n) is 2.74. The summed E-state index contributed by atoms with van der Waals surface area (Å²) in [7, 11) is 0. The number of aryl methyl sites for hydroxylation is 1. The second-order valence-corrected chi connectivity index (χ2v) is 6.99. The molecule has 10 heteroatoms. The SMILES string of the molecule is O=C(CCc1nc(-c2ccc(Cl)cc2)no1)NNC(=O)c1cc(-c2ccccc2)n[nH]1. The highest BCUT2D eigenvalue weighted by Crippen LogP contribution is 2.19. The van der Waals surface area contributed by atoms with Crippen LogP contribution in [0.5, 0.6) is 0 Å². The highest BCUT2D eigenvalue weighted by molar-refractivity contribution is 6.30. The number of hydrogen-bond donors (Lipinski definition) is 3. The summed E-state index contributed by atoms with van der Waals surface area (Å²) in [5, 5.41) is 11.3. The zero-order valence-electron chi connectivity index (χ0n) is 16.1. The molecule has 31 heavy (non-hydrogen) atoms. The minimum atomic E-state index is -0.508. The molecule has 0 spiro atoms. The number of H-pyrrole nitrogens is 1. The summed E-state index contributed by atoms with van der Waals surface area (Å²) >= 11 is 5.87. The number of aromatic nitrogens is 4. The number of hydrazine groups is 1. The van der Waals surface area contributed by atoms with E-state index in [-0.39, 0.29) is 18.5 Å². The lowest BCUT2D eigenvalue weighted by atomic mass is 10.1. The molecule has 0 aliphatic carbocycles. The smallest absolute Gasteiger partial charge is 0.287 e. The first-order chi connectivity index (χ1) is 15.1. The molecule has 0 atom stereocenters. The van der Waals surface area contributed by atoms with Crippen LogP contribution in [0.15, 0.2) is 65.2 Å². The number of carbonyl (C=O) groups excluding carboxylic acids is 2. The minimum Gasteiger partial charge on any atom is -0.339 e. The standard InChI is InChI=1S/C21H17ClN6O3/c22-15-8-6-14(7-9-15)20-23-19(31-28-20)11-10-18(29)26-27-21(30)17-12-16(24-25-17)13-4-2-1-3-5-13/h1-9,12H,10-11H2,(H,24,25)(H,26,29)(H,27,30). The molecule has 0 aliphatic rings. The van der Waals surface area contributed by atoms with E-state index in [0.29, 0.717) is 22.4 Å². The molecular formula is C21H17ClN6O3. The van der Waals surface area contributed by atoms with Crippen LogP contribution in [-0.2, 0) is 11.2 Å². The molecule has 0 aliphatic heterocycles. The Labute approximate surface area is 181 Å². The third-order valence-corrected chi connectivity index (χ3v) is 4.60. The maximum Gasteiger partial charge on any atom is 0.287 e. The van der Waals surface area contributed by atoms with E-state index < -0.39 is 11.8 Å². The van der Waals surface area contributed by atoms with Crippen molar-refractivity contribution in [3.63, 3.8) is 0 Å². The highest BCUT2D eigenvalue weighted by Gasteiger charge is 2.14. The molecule has 3 N–H and O–H groups in total. The molecule has 0 saturated heterocycles. The Morgan fingerprint density at radius 2 is 1.77 bits per heavy atom. The average molecular weight is 437 g/mol. The van der Waals surface area contributed by atoms with Crippen LogP contribution in [0.4, 0.5) is 0 Å². The van der Waals surface area contributed by atoms with Gasteiger partial charge in [-0.15, -0.1) is 0 Å². The topological polar surface area (TPSA) is 126 Å². The Morgan fingerprint density at radius 1 is 1.00 bits per heavy atom. The number of aromatic amines is 1. The van der Waals surface area contributed by atoms with Gasteiger partial charge in [-0.25, -0.2) is 0 Å². The quantitative estimate of drug-likeness (QED) is 0.398. The third kappa shape index (κ3) is 5.14. The number of benzene rings is 2. The first kappa shape index (κ1) is 20.3. The molecule has 0 bridgehead atoms. The van der Waals surface area contributed by atoms with Gasteiger partial charge in [0.1, 0.15) is 5.69 Å². The highest BCUT2D eigenvalue weighted by atomic mass is 35.5. The van der Waals surface area contributed by atoms with Crippen molar-refractivity contribution in [1.29, 1.82) is 0 Å². The van der Waals surface area contributed by atoms with Gasteiger partial charge in [-0.05, 0) is 30.3 Å². The Morgan fingerprint density at radius 3 is 2.55 bits per heavy atom. The Bertz CT molecular complexity index is 1190. The lowest BCUT2D eigenvalue weighted by Gasteiger charge is -2.04. The zero-order chi connectivity index (χ0) is 21.6. The lowest BCUT2D eigenvalue weighted by Crippen LogP contribution is -2.41. The van der Waals surface area contributed by atoms with Gasteiger partial charge in [-0.2, -0.15) is 10.1 Å².